The molecule has 1 aromatic rings. The van der Waals surface area contributed by atoms with E-state index in [0.29, 0.717) is 5.56 Å². The Labute approximate surface area is 125 Å². The number of aryl methyl sites for hydroxylation is 2. The highest BCUT2D eigenvalue weighted by molar-refractivity contribution is 5.99. The lowest BCUT2D eigenvalue weighted by Crippen LogP contribution is -2.36. The summed E-state index contributed by atoms with van der Waals surface area (Å²) in [6.45, 7) is 3.77. The normalized spacial score (nSPS) is 10.1. The maximum Gasteiger partial charge on any atom is 0.241 e. The van der Waals surface area contributed by atoms with Gasteiger partial charge in [0.25, 0.3) is 0 Å². The first-order chi connectivity index (χ1) is 9.81. The number of amides is 2. The molecule has 0 heterocycles. The zero-order valence-corrected chi connectivity index (χ0v) is 13.0. The first-order valence-electron chi connectivity index (χ1n) is 6.88. The Morgan fingerprint density at radius 1 is 1.10 bits per heavy atom. The van der Waals surface area contributed by atoms with E-state index in [1.165, 1.54) is 4.90 Å². The van der Waals surface area contributed by atoms with E-state index < -0.39 is 0 Å². The summed E-state index contributed by atoms with van der Waals surface area (Å²) in [5, 5.41) is 2.51. The maximum absolute atomic E-state index is 12.1. The highest BCUT2D eigenvalue weighted by Gasteiger charge is 2.12. The van der Waals surface area contributed by atoms with Gasteiger partial charge in [0.1, 0.15) is 0 Å². The van der Waals surface area contributed by atoms with E-state index in [0.717, 1.165) is 11.1 Å². The van der Waals surface area contributed by atoms with Crippen LogP contribution in [-0.4, -0.2) is 43.1 Å². The number of ketones is 1. The van der Waals surface area contributed by atoms with Gasteiger partial charge in [0.2, 0.25) is 11.8 Å². The van der Waals surface area contributed by atoms with Gasteiger partial charge in [-0.15, -0.1) is 0 Å². The molecule has 0 saturated heterocycles. The Morgan fingerprint density at radius 2 is 1.76 bits per heavy atom. The molecule has 0 bridgehead atoms. The number of benzene rings is 1. The molecule has 0 unspecified atom stereocenters. The van der Waals surface area contributed by atoms with Crippen LogP contribution < -0.4 is 5.32 Å². The fourth-order valence-corrected chi connectivity index (χ4v) is 1.82. The second-order valence-electron chi connectivity index (χ2n) is 5.31. The summed E-state index contributed by atoms with van der Waals surface area (Å²) >= 11 is 0. The topological polar surface area (TPSA) is 66.5 Å². The Balaban J connectivity index is 2.48. The Hall–Kier alpha value is -2.17. The van der Waals surface area contributed by atoms with Crippen molar-refractivity contribution in [1.29, 1.82) is 0 Å². The van der Waals surface area contributed by atoms with Crippen molar-refractivity contribution < 1.29 is 14.4 Å². The molecule has 0 radical (unpaired) electrons. The number of likely N-dealkylation sites (N-methyl/N-ethyl adjacent to an activating group) is 1. The van der Waals surface area contributed by atoms with Crippen LogP contribution in [0.3, 0.4) is 0 Å². The maximum atomic E-state index is 12.1. The fraction of sp³-hybridized carbons (Fsp3) is 0.438. The van der Waals surface area contributed by atoms with Gasteiger partial charge in [-0.25, -0.2) is 0 Å². The number of carbonyl (C=O) groups is 3. The molecule has 5 heteroatoms. The zero-order chi connectivity index (χ0) is 16.0. The lowest BCUT2D eigenvalue weighted by Gasteiger charge is -2.11. The smallest absolute Gasteiger partial charge is 0.241 e. The summed E-state index contributed by atoms with van der Waals surface area (Å²) in [4.78, 5) is 36.5. The van der Waals surface area contributed by atoms with Crippen molar-refractivity contribution in [3.8, 4) is 0 Å². The van der Waals surface area contributed by atoms with E-state index in [9.17, 15) is 14.4 Å². The minimum Gasteiger partial charge on any atom is -0.347 e. The Kier molecular flexibility index (Phi) is 6.09. The molecule has 0 aliphatic rings. The van der Waals surface area contributed by atoms with Gasteiger partial charge >= 0.3 is 0 Å². The van der Waals surface area contributed by atoms with Crippen LogP contribution in [0.5, 0.6) is 0 Å². The van der Waals surface area contributed by atoms with Crippen molar-refractivity contribution >= 4 is 17.6 Å². The molecule has 0 aliphatic carbocycles. The second-order valence-corrected chi connectivity index (χ2v) is 5.31. The lowest BCUT2D eigenvalue weighted by atomic mass is 9.99. The van der Waals surface area contributed by atoms with E-state index in [2.05, 4.69) is 5.32 Å². The molecule has 0 aromatic heterocycles. The zero-order valence-electron chi connectivity index (χ0n) is 13.0. The van der Waals surface area contributed by atoms with Gasteiger partial charge in [0.05, 0.1) is 6.54 Å². The van der Waals surface area contributed by atoms with E-state index in [1.54, 1.807) is 14.1 Å². The molecular weight excluding hydrogens is 268 g/mol. The SMILES string of the molecule is Cc1ccc(C)c(C(=O)CCC(=O)NCC(=O)N(C)C)c1. The Morgan fingerprint density at radius 3 is 2.38 bits per heavy atom. The van der Waals surface area contributed by atoms with Crippen LogP contribution in [0.4, 0.5) is 0 Å². The van der Waals surface area contributed by atoms with Crippen molar-refractivity contribution in [3.05, 3.63) is 34.9 Å². The quantitative estimate of drug-likeness (QED) is 0.807. The molecule has 1 rings (SSSR count). The number of hydrogen-bond donors (Lipinski definition) is 1. The van der Waals surface area contributed by atoms with Crippen LogP contribution in [0.1, 0.15) is 34.3 Å². The highest BCUT2D eigenvalue weighted by atomic mass is 16.2. The molecule has 5 nitrogen and oxygen atoms in total. The van der Waals surface area contributed by atoms with E-state index in [1.807, 2.05) is 32.0 Å². The number of nitrogens with zero attached hydrogens (tertiary/aromatic N) is 1. The van der Waals surface area contributed by atoms with Crippen LogP contribution in [-0.2, 0) is 9.59 Å². The number of hydrogen-bond acceptors (Lipinski definition) is 3. The standard InChI is InChI=1S/C16H22N2O3/c1-11-5-6-12(2)13(9-11)14(19)7-8-15(20)17-10-16(21)18(3)4/h5-6,9H,7-8,10H2,1-4H3,(H,17,20). The average molecular weight is 290 g/mol. The number of rotatable bonds is 6. The first kappa shape index (κ1) is 16.9. The van der Waals surface area contributed by atoms with Gasteiger partial charge < -0.3 is 10.2 Å². The van der Waals surface area contributed by atoms with Crippen molar-refractivity contribution in [2.75, 3.05) is 20.6 Å². The molecule has 0 spiro atoms. The molecular formula is C16H22N2O3. The molecule has 0 fully saturated rings. The summed E-state index contributed by atoms with van der Waals surface area (Å²) in [6.07, 6.45) is 0.235. The van der Waals surface area contributed by atoms with Gasteiger partial charge in [-0.05, 0) is 25.5 Å². The van der Waals surface area contributed by atoms with Crippen LogP contribution in [0, 0.1) is 13.8 Å². The van der Waals surface area contributed by atoms with Crippen molar-refractivity contribution in [1.82, 2.24) is 10.2 Å². The Bertz CT molecular complexity index is 550. The third-order valence-electron chi connectivity index (χ3n) is 3.21. The van der Waals surface area contributed by atoms with E-state index in [4.69, 9.17) is 0 Å². The first-order valence-corrected chi connectivity index (χ1v) is 6.88. The van der Waals surface area contributed by atoms with E-state index in [-0.39, 0.29) is 37.0 Å². The molecule has 0 aliphatic heterocycles. The van der Waals surface area contributed by atoms with Crippen LogP contribution in [0.25, 0.3) is 0 Å². The van der Waals surface area contributed by atoms with Gasteiger partial charge in [-0.2, -0.15) is 0 Å². The molecule has 2 amide bonds. The predicted molar refractivity (Wildman–Crippen MR) is 81.2 cm³/mol. The number of Topliss-reactive ketones (excluding diaryl/α,β-unsaturated/α-hetero) is 1. The minimum atomic E-state index is -0.288. The van der Waals surface area contributed by atoms with Gasteiger partial charge in [0.15, 0.2) is 5.78 Å². The summed E-state index contributed by atoms with van der Waals surface area (Å²) in [5.74, 6) is -0.515. The molecule has 21 heavy (non-hydrogen) atoms. The predicted octanol–water partition coefficient (Wildman–Crippen LogP) is 1.47. The van der Waals surface area contributed by atoms with Crippen LogP contribution in [0.15, 0.2) is 18.2 Å². The van der Waals surface area contributed by atoms with Crippen LogP contribution >= 0.6 is 0 Å². The summed E-state index contributed by atoms with van der Waals surface area (Å²) in [5.41, 5.74) is 2.59. The van der Waals surface area contributed by atoms with Crippen molar-refractivity contribution in [2.24, 2.45) is 0 Å². The molecule has 114 valence electrons. The monoisotopic (exact) mass is 290 g/mol. The largest absolute Gasteiger partial charge is 0.347 e. The van der Waals surface area contributed by atoms with E-state index >= 15 is 0 Å². The fourth-order valence-electron chi connectivity index (χ4n) is 1.82. The van der Waals surface area contributed by atoms with Crippen LogP contribution in [0.2, 0.25) is 0 Å². The van der Waals surface area contributed by atoms with Crippen molar-refractivity contribution in [2.45, 2.75) is 26.7 Å². The average Bonchev–Trinajstić information content (AvgIpc) is 2.44. The summed E-state index contributed by atoms with van der Waals surface area (Å²) < 4.78 is 0. The van der Waals surface area contributed by atoms with Gasteiger partial charge in [-0.3, -0.25) is 14.4 Å². The third-order valence-corrected chi connectivity index (χ3v) is 3.21. The summed E-state index contributed by atoms with van der Waals surface area (Å²) in [6, 6.07) is 5.69. The minimum absolute atomic E-state index is 0.0382. The van der Waals surface area contributed by atoms with Gasteiger partial charge in [-0.1, -0.05) is 17.7 Å². The van der Waals surface area contributed by atoms with Gasteiger partial charge in [0, 0.05) is 32.5 Å². The molecule has 1 aromatic carbocycles. The lowest BCUT2D eigenvalue weighted by molar-refractivity contribution is -0.130. The molecule has 0 saturated carbocycles. The third kappa shape index (κ3) is 5.38. The molecule has 1 N–H and O–H groups in total. The second kappa shape index (κ2) is 7.57. The number of nitrogens with one attached hydrogen (secondary N) is 1. The summed E-state index contributed by atoms with van der Waals surface area (Å²) in [7, 11) is 3.25. The highest BCUT2D eigenvalue weighted by Crippen LogP contribution is 2.13. The molecule has 0 atom stereocenters. The van der Waals surface area contributed by atoms with Crippen molar-refractivity contribution in [3.63, 3.8) is 0 Å². The number of carbonyl (C=O) groups excluding carboxylic acids is 3.